The summed E-state index contributed by atoms with van der Waals surface area (Å²) in [6, 6.07) is 5.86. The van der Waals surface area contributed by atoms with Crippen LogP contribution in [-0.2, 0) is 22.3 Å². The molecule has 0 bridgehead atoms. The van der Waals surface area contributed by atoms with E-state index in [0.717, 1.165) is 36.7 Å². The average Bonchev–Trinajstić information content (AvgIpc) is 3.14. The molecule has 1 aliphatic rings. The van der Waals surface area contributed by atoms with E-state index in [-0.39, 0.29) is 25.6 Å². The molecule has 11 heteroatoms. The van der Waals surface area contributed by atoms with E-state index in [2.05, 4.69) is 15.3 Å². The van der Waals surface area contributed by atoms with Gasteiger partial charge in [-0.15, -0.1) is 0 Å². The zero-order valence-corrected chi connectivity index (χ0v) is 16.0. The molecule has 0 aliphatic carbocycles. The number of nitrogens with one attached hydrogen (secondary N) is 1. The van der Waals surface area contributed by atoms with Crippen molar-refractivity contribution in [2.75, 3.05) is 18.4 Å². The Morgan fingerprint density at radius 1 is 1.26 bits per heavy atom. The normalized spacial score (nSPS) is 18.9. The first-order chi connectivity index (χ1) is 14.8. The molecule has 1 amide bonds. The molecule has 1 aromatic carbocycles. The number of nitrogens with zero attached hydrogens (tertiary/aromatic N) is 4. The van der Waals surface area contributed by atoms with Gasteiger partial charge in [-0.25, -0.2) is 14.4 Å². The Hall–Kier alpha value is -3.52. The first kappa shape index (κ1) is 22.2. The number of amides is 1. The molecule has 0 radical (unpaired) electrons. The topological polar surface area (TPSA) is 91.1 Å². The van der Waals surface area contributed by atoms with Gasteiger partial charge in [-0.05, 0) is 17.7 Å². The highest BCUT2D eigenvalue weighted by Gasteiger charge is 2.36. The third kappa shape index (κ3) is 5.99. The number of hydrogen-bond donors (Lipinski definition) is 1. The van der Waals surface area contributed by atoms with Crippen molar-refractivity contribution in [1.29, 1.82) is 5.26 Å². The first-order valence-corrected chi connectivity index (χ1v) is 9.13. The van der Waals surface area contributed by atoms with Crippen LogP contribution in [0.4, 0.5) is 23.5 Å². The van der Waals surface area contributed by atoms with E-state index in [1.807, 2.05) is 0 Å². The molecule has 7 nitrogen and oxygen atoms in total. The van der Waals surface area contributed by atoms with Gasteiger partial charge >= 0.3 is 6.18 Å². The largest absolute Gasteiger partial charge is 0.416 e. The van der Waals surface area contributed by atoms with Crippen LogP contribution in [0.25, 0.3) is 0 Å². The molecular formula is C20H17F4N5O2. The third-order valence-electron chi connectivity index (χ3n) is 4.56. The summed E-state index contributed by atoms with van der Waals surface area (Å²) in [6.45, 7) is 0.391. The monoisotopic (exact) mass is 435 g/mol. The number of alkyl halides is 3. The number of ether oxygens (including phenoxy) is 1. The van der Waals surface area contributed by atoms with E-state index >= 15 is 0 Å². The Morgan fingerprint density at radius 3 is 2.55 bits per heavy atom. The van der Waals surface area contributed by atoms with E-state index in [0.29, 0.717) is 5.56 Å². The number of benzene rings is 1. The molecule has 1 N–H and O–H groups in total. The number of aromatic nitrogens is 2. The summed E-state index contributed by atoms with van der Waals surface area (Å²) < 4.78 is 57.0. The number of anilines is 1. The number of carbonyl (C=O) groups is 1. The highest BCUT2D eigenvalue weighted by atomic mass is 19.4. The van der Waals surface area contributed by atoms with Crippen LogP contribution in [0.3, 0.4) is 0 Å². The van der Waals surface area contributed by atoms with E-state index in [1.54, 1.807) is 6.07 Å². The number of carbonyl (C=O) groups excluding carboxylic acids is 1. The maximum atomic E-state index is 13.0. The Bertz CT molecular complexity index is 971. The number of halogens is 4. The van der Waals surface area contributed by atoms with Crippen molar-refractivity contribution in [2.24, 2.45) is 0 Å². The van der Waals surface area contributed by atoms with E-state index in [4.69, 9.17) is 10.00 Å². The number of nitriles is 1. The van der Waals surface area contributed by atoms with Gasteiger partial charge in [0.25, 0.3) is 0 Å². The van der Waals surface area contributed by atoms with Crippen LogP contribution in [-0.4, -0.2) is 46.0 Å². The summed E-state index contributed by atoms with van der Waals surface area (Å²) in [7, 11) is 0. The molecule has 0 spiro atoms. The van der Waals surface area contributed by atoms with Crippen molar-refractivity contribution in [3.8, 4) is 6.07 Å². The van der Waals surface area contributed by atoms with Gasteiger partial charge in [0.2, 0.25) is 11.9 Å². The molecule has 162 valence electrons. The van der Waals surface area contributed by atoms with Crippen LogP contribution >= 0.6 is 0 Å². The smallest absolute Gasteiger partial charge is 0.369 e. The molecule has 2 heterocycles. The number of likely N-dealkylation sites (tertiary alicyclic amines) is 1. The zero-order valence-electron chi connectivity index (χ0n) is 16.0. The lowest BCUT2D eigenvalue weighted by molar-refractivity contribution is -0.137. The minimum absolute atomic E-state index is 0.0152. The van der Waals surface area contributed by atoms with Gasteiger partial charge in [-0.1, -0.05) is 12.1 Å². The average molecular weight is 435 g/mol. The maximum absolute atomic E-state index is 13.0. The van der Waals surface area contributed by atoms with E-state index in [1.165, 1.54) is 17.0 Å². The van der Waals surface area contributed by atoms with Crippen molar-refractivity contribution in [1.82, 2.24) is 14.9 Å². The molecule has 2 atom stereocenters. The first-order valence-electron chi connectivity index (χ1n) is 9.13. The van der Waals surface area contributed by atoms with E-state index in [9.17, 15) is 22.4 Å². The fraction of sp³-hybridized carbons (Fsp3) is 0.300. The fourth-order valence-electron chi connectivity index (χ4n) is 3.02. The van der Waals surface area contributed by atoms with Crippen LogP contribution in [0.15, 0.2) is 48.8 Å². The standard InChI is InChI=1S/C20H17F4N5O2/c21-15-8-26-19(27-9-15)28-16-10-29(18(30)2-1-7-25)11-17(16)31-12-13-3-5-14(6-4-13)20(22,23)24/h1-6,8-9,16-17H,10-12H2,(H,26,27,28)/b2-1-/t16?,17-/m1/s1. The van der Waals surface area contributed by atoms with Gasteiger partial charge in [-0.3, -0.25) is 4.79 Å². The summed E-state index contributed by atoms with van der Waals surface area (Å²) in [5.74, 6) is -0.865. The third-order valence-corrected chi connectivity index (χ3v) is 4.56. The van der Waals surface area contributed by atoms with Crippen molar-refractivity contribution in [3.05, 3.63) is 65.8 Å². The second-order valence-corrected chi connectivity index (χ2v) is 6.73. The lowest BCUT2D eigenvalue weighted by Gasteiger charge is -2.20. The summed E-state index contributed by atoms with van der Waals surface area (Å²) >= 11 is 0. The summed E-state index contributed by atoms with van der Waals surface area (Å²) in [6.07, 6.45) is -0.807. The fourth-order valence-corrected chi connectivity index (χ4v) is 3.02. The number of allylic oxidation sites excluding steroid dienone is 1. The maximum Gasteiger partial charge on any atom is 0.416 e. The SMILES string of the molecule is N#C/C=C\C(=O)N1CC(Nc2ncc(F)cn2)[C@H](OCc2ccc(C(F)(F)F)cc2)C1. The Morgan fingerprint density at radius 2 is 1.94 bits per heavy atom. The number of rotatable bonds is 6. The van der Waals surface area contributed by atoms with Crippen molar-refractivity contribution in [2.45, 2.75) is 24.9 Å². The summed E-state index contributed by atoms with van der Waals surface area (Å²) in [5, 5.41) is 11.6. The quantitative estimate of drug-likeness (QED) is 0.426. The Kier molecular flexibility index (Phi) is 6.81. The predicted molar refractivity (Wildman–Crippen MR) is 101 cm³/mol. The minimum atomic E-state index is -4.42. The molecule has 1 aromatic heterocycles. The molecule has 1 unspecified atom stereocenters. The van der Waals surface area contributed by atoms with Gasteiger partial charge < -0.3 is 15.0 Å². The van der Waals surface area contributed by atoms with Crippen LogP contribution in [0.5, 0.6) is 0 Å². The summed E-state index contributed by atoms with van der Waals surface area (Å²) in [5.41, 5.74) is -0.231. The van der Waals surface area contributed by atoms with Crippen molar-refractivity contribution < 1.29 is 27.1 Å². The van der Waals surface area contributed by atoms with Gasteiger partial charge in [0, 0.05) is 25.2 Å². The Labute approximate surface area is 175 Å². The molecule has 31 heavy (non-hydrogen) atoms. The van der Waals surface area contributed by atoms with Gasteiger partial charge in [0.1, 0.15) is 0 Å². The predicted octanol–water partition coefficient (Wildman–Crippen LogP) is 2.92. The van der Waals surface area contributed by atoms with Gasteiger partial charge in [0.15, 0.2) is 5.82 Å². The molecule has 1 saturated heterocycles. The van der Waals surface area contributed by atoms with Crippen LogP contribution < -0.4 is 5.32 Å². The molecular weight excluding hydrogens is 418 g/mol. The molecule has 1 fully saturated rings. The van der Waals surface area contributed by atoms with Crippen molar-refractivity contribution in [3.63, 3.8) is 0 Å². The van der Waals surface area contributed by atoms with Crippen LogP contribution in [0, 0.1) is 17.1 Å². The zero-order chi connectivity index (χ0) is 22.4. The van der Waals surface area contributed by atoms with Gasteiger partial charge in [0.05, 0.1) is 42.8 Å². The van der Waals surface area contributed by atoms with E-state index < -0.39 is 35.6 Å². The Balaban J connectivity index is 1.69. The highest BCUT2D eigenvalue weighted by molar-refractivity contribution is 5.88. The molecule has 0 saturated carbocycles. The minimum Gasteiger partial charge on any atom is -0.369 e. The lowest BCUT2D eigenvalue weighted by atomic mass is 10.1. The molecule has 3 rings (SSSR count). The second kappa shape index (κ2) is 9.53. The number of hydrogen-bond acceptors (Lipinski definition) is 6. The van der Waals surface area contributed by atoms with Gasteiger partial charge in [-0.2, -0.15) is 18.4 Å². The van der Waals surface area contributed by atoms with Crippen LogP contribution in [0.1, 0.15) is 11.1 Å². The van der Waals surface area contributed by atoms with Crippen molar-refractivity contribution >= 4 is 11.9 Å². The molecule has 1 aliphatic heterocycles. The summed E-state index contributed by atoms with van der Waals surface area (Å²) in [4.78, 5) is 21.3. The molecule has 2 aromatic rings. The lowest BCUT2D eigenvalue weighted by Crippen LogP contribution is -2.35. The van der Waals surface area contributed by atoms with Crippen LogP contribution in [0.2, 0.25) is 0 Å². The highest BCUT2D eigenvalue weighted by Crippen LogP contribution is 2.29. The second-order valence-electron chi connectivity index (χ2n) is 6.73.